The summed E-state index contributed by atoms with van der Waals surface area (Å²) < 4.78 is 19.9. The Morgan fingerprint density at radius 3 is 2.60 bits per heavy atom. The summed E-state index contributed by atoms with van der Waals surface area (Å²) in [5.41, 5.74) is 0.654. The van der Waals surface area contributed by atoms with Crippen LogP contribution in [0.15, 0.2) is 30.5 Å². The van der Waals surface area contributed by atoms with Crippen LogP contribution in [0.3, 0.4) is 0 Å². The van der Waals surface area contributed by atoms with Crippen molar-refractivity contribution in [2.24, 2.45) is 0 Å². The Kier molecular flexibility index (Phi) is 4.02. The zero-order valence-electron chi connectivity index (χ0n) is 11.2. The summed E-state index contributed by atoms with van der Waals surface area (Å²) in [7, 11) is 0. The number of aromatic nitrogens is 2. The van der Waals surface area contributed by atoms with Crippen LogP contribution in [-0.4, -0.2) is 20.6 Å². The third-order valence-corrected chi connectivity index (χ3v) is 2.78. The third-order valence-electron chi connectivity index (χ3n) is 2.78. The lowest BCUT2D eigenvalue weighted by Crippen LogP contribution is -2.15. The van der Waals surface area contributed by atoms with Crippen molar-refractivity contribution in [2.45, 2.75) is 26.5 Å². The number of carboxylic acids is 1. The molecule has 0 radical (unpaired) electrons. The van der Waals surface area contributed by atoms with Gasteiger partial charge in [0, 0.05) is 6.04 Å². The molecular weight excluding hydrogens is 263 g/mol. The van der Waals surface area contributed by atoms with Crippen LogP contribution in [-0.2, 0) is 6.61 Å². The highest BCUT2D eigenvalue weighted by Crippen LogP contribution is 2.17. The SMILES string of the molecule is CC(C)n1c(COc2ccc(F)cc2)cnc1C(=O)O. The number of rotatable bonds is 5. The summed E-state index contributed by atoms with van der Waals surface area (Å²) in [5.74, 6) is -0.915. The van der Waals surface area contributed by atoms with E-state index in [0.29, 0.717) is 11.4 Å². The normalized spacial score (nSPS) is 10.8. The maximum absolute atomic E-state index is 12.8. The van der Waals surface area contributed by atoms with Crippen LogP contribution in [0.1, 0.15) is 36.2 Å². The van der Waals surface area contributed by atoms with Crippen LogP contribution in [0.2, 0.25) is 0 Å². The lowest BCUT2D eigenvalue weighted by atomic mass is 10.3. The zero-order chi connectivity index (χ0) is 14.7. The molecule has 0 spiro atoms. The molecule has 2 aromatic rings. The highest BCUT2D eigenvalue weighted by Gasteiger charge is 2.18. The number of benzene rings is 1. The van der Waals surface area contributed by atoms with Crippen molar-refractivity contribution in [1.29, 1.82) is 0 Å². The fourth-order valence-electron chi connectivity index (χ4n) is 1.93. The minimum atomic E-state index is -1.08. The molecule has 6 heteroatoms. The van der Waals surface area contributed by atoms with Gasteiger partial charge >= 0.3 is 5.97 Å². The molecule has 20 heavy (non-hydrogen) atoms. The molecule has 2 rings (SSSR count). The van der Waals surface area contributed by atoms with Crippen LogP contribution in [0.4, 0.5) is 4.39 Å². The summed E-state index contributed by atoms with van der Waals surface area (Å²) in [4.78, 5) is 15.0. The highest BCUT2D eigenvalue weighted by molar-refractivity contribution is 5.83. The van der Waals surface area contributed by atoms with Gasteiger partial charge in [-0.25, -0.2) is 14.2 Å². The van der Waals surface area contributed by atoms with Crippen LogP contribution in [0.25, 0.3) is 0 Å². The number of hydrogen-bond acceptors (Lipinski definition) is 3. The van der Waals surface area contributed by atoms with Gasteiger partial charge in [0.05, 0.1) is 11.9 Å². The van der Waals surface area contributed by atoms with E-state index in [1.165, 1.54) is 30.5 Å². The van der Waals surface area contributed by atoms with Gasteiger partial charge in [-0.2, -0.15) is 0 Å². The van der Waals surface area contributed by atoms with Crippen LogP contribution in [0.5, 0.6) is 5.75 Å². The average molecular weight is 278 g/mol. The number of imidazole rings is 1. The Balaban J connectivity index is 2.17. The van der Waals surface area contributed by atoms with E-state index in [2.05, 4.69) is 4.98 Å². The van der Waals surface area contributed by atoms with Crippen molar-refractivity contribution in [1.82, 2.24) is 9.55 Å². The standard InChI is InChI=1S/C14H15FN2O3/c1-9(2)17-11(7-16-13(17)14(18)19)8-20-12-5-3-10(15)4-6-12/h3-7,9H,8H2,1-2H3,(H,18,19). The van der Waals surface area contributed by atoms with E-state index in [4.69, 9.17) is 9.84 Å². The maximum Gasteiger partial charge on any atom is 0.372 e. The molecule has 0 fully saturated rings. The van der Waals surface area contributed by atoms with Crippen LogP contribution < -0.4 is 4.74 Å². The largest absolute Gasteiger partial charge is 0.487 e. The summed E-state index contributed by atoms with van der Waals surface area (Å²) >= 11 is 0. The molecule has 0 amide bonds. The Bertz CT molecular complexity index is 605. The zero-order valence-corrected chi connectivity index (χ0v) is 11.2. The van der Waals surface area contributed by atoms with Crippen molar-refractivity contribution in [2.75, 3.05) is 0 Å². The van der Waals surface area contributed by atoms with Gasteiger partial charge in [-0.3, -0.25) is 0 Å². The molecule has 0 aliphatic heterocycles. The lowest BCUT2D eigenvalue weighted by molar-refractivity contribution is 0.0675. The number of nitrogens with zero attached hydrogens (tertiary/aromatic N) is 2. The first-order chi connectivity index (χ1) is 9.49. The van der Waals surface area contributed by atoms with E-state index in [9.17, 15) is 9.18 Å². The third kappa shape index (κ3) is 2.96. The number of aromatic carboxylic acids is 1. The van der Waals surface area contributed by atoms with Gasteiger partial charge in [0.2, 0.25) is 5.82 Å². The Hall–Kier alpha value is -2.37. The molecule has 1 aromatic carbocycles. The van der Waals surface area contributed by atoms with Gasteiger partial charge in [-0.1, -0.05) is 0 Å². The first-order valence-corrected chi connectivity index (χ1v) is 6.17. The van der Waals surface area contributed by atoms with Crippen molar-refractivity contribution in [3.8, 4) is 5.75 Å². The lowest BCUT2D eigenvalue weighted by Gasteiger charge is -2.14. The predicted octanol–water partition coefficient (Wildman–Crippen LogP) is 2.88. The van der Waals surface area contributed by atoms with Crippen molar-refractivity contribution in [3.05, 3.63) is 47.8 Å². The van der Waals surface area contributed by atoms with E-state index >= 15 is 0 Å². The maximum atomic E-state index is 12.8. The van der Waals surface area contributed by atoms with Crippen molar-refractivity contribution in [3.63, 3.8) is 0 Å². The fraction of sp³-hybridized carbons (Fsp3) is 0.286. The smallest absolute Gasteiger partial charge is 0.372 e. The molecule has 0 aliphatic carbocycles. The number of ether oxygens (including phenoxy) is 1. The molecule has 1 N–H and O–H groups in total. The van der Waals surface area contributed by atoms with Crippen LogP contribution >= 0.6 is 0 Å². The second-order valence-corrected chi connectivity index (χ2v) is 4.58. The van der Waals surface area contributed by atoms with E-state index in [0.717, 1.165) is 0 Å². The summed E-state index contributed by atoms with van der Waals surface area (Å²) in [6.07, 6.45) is 1.48. The molecular formula is C14H15FN2O3. The summed E-state index contributed by atoms with van der Waals surface area (Å²) in [6, 6.07) is 5.60. The van der Waals surface area contributed by atoms with Crippen molar-refractivity contribution < 1.29 is 19.0 Å². The van der Waals surface area contributed by atoms with Gasteiger partial charge in [-0.15, -0.1) is 0 Å². The molecule has 0 atom stereocenters. The van der Waals surface area contributed by atoms with Crippen molar-refractivity contribution >= 4 is 5.97 Å². The average Bonchev–Trinajstić information content (AvgIpc) is 2.82. The molecule has 1 aromatic heterocycles. The van der Waals surface area contributed by atoms with Crippen LogP contribution in [0, 0.1) is 5.82 Å². The summed E-state index contributed by atoms with van der Waals surface area (Å²) in [5, 5.41) is 9.08. The minimum absolute atomic E-state index is 0.0160. The first kappa shape index (κ1) is 14.0. The van der Waals surface area contributed by atoms with Gasteiger partial charge in [0.1, 0.15) is 18.2 Å². The molecule has 0 saturated heterocycles. The molecule has 0 unspecified atom stereocenters. The Morgan fingerprint density at radius 1 is 1.40 bits per heavy atom. The number of hydrogen-bond donors (Lipinski definition) is 1. The van der Waals surface area contributed by atoms with E-state index in [1.54, 1.807) is 4.57 Å². The van der Waals surface area contributed by atoms with E-state index < -0.39 is 5.97 Å². The second-order valence-electron chi connectivity index (χ2n) is 4.58. The van der Waals surface area contributed by atoms with Gasteiger partial charge < -0.3 is 14.4 Å². The first-order valence-electron chi connectivity index (χ1n) is 6.17. The van der Waals surface area contributed by atoms with E-state index in [-0.39, 0.29) is 24.3 Å². The Labute approximate surface area is 115 Å². The summed E-state index contributed by atoms with van der Waals surface area (Å²) in [6.45, 7) is 3.91. The molecule has 0 saturated carbocycles. The number of carbonyl (C=O) groups is 1. The van der Waals surface area contributed by atoms with Gasteiger partial charge in [0.25, 0.3) is 0 Å². The fourth-order valence-corrected chi connectivity index (χ4v) is 1.93. The Morgan fingerprint density at radius 2 is 2.05 bits per heavy atom. The van der Waals surface area contributed by atoms with Gasteiger partial charge in [0.15, 0.2) is 0 Å². The van der Waals surface area contributed by atoms with E-state index in [1.807, 2.05) is 13.8 Å². The van der Waals surface area contributed by atoms with Gasteiger partial charge in [-0.05, 0) is 38.1 Å². The molecule has 0 aliphatic rings. The molecule has 1 heterocycles. The quantitative estimate of drug-likeness (QED) is 0.913. The molecule has 0 bridgehead atoms. The molecule has 5 nitrogen and oxygen atoms in total. The number of halogens is 1. The minimum Gasteiger partial charge on any atom is -0.487 e. The highest BCUT2D eigenvalue weighted by atomic mass is 19.1. The number of carboxylic acid groups (broad SMARTS) is 1. The topological polar surface area (TPSA) is 64.4 Å². The second kappa shape index (κ2) is 5.73. The monoisotopic (exact) mass is 278 g/mol. The predicted molar refractivity (Wildman–Crippen MR) is 70.3 cm³/mol. The molecule has 106 valence electrons.